The number of halogens is 2. The van der Waals surface area contributed by atoms with Crippen molar-refractivity contribution in [1.29, 1.82) is 0 Å². The first kappa shape index (κ1) is 19.0. The van der Waals surface area contributed by atoms with Gasteiger partial charge in [-0.2, -0.15) is 0 Å². The van der Waals surface area contributed by atoms with Gasteiger partial charge in [0.15, 0.2) is 0 Å². The van der Waals surface area contributed by atoms with Crippen LogP contribution >= 0.6 is 27.5 Å². The fraction of sp³-hybridized carbons (Fsp3) is 0.118. The van der Waals surface area contributed by atoms with Crippen LogP contribution in [0.2, 0.25) is 5.02 Å². The topological polar surface area (TPSA) is 81.5 Å². The number of nitro benzene ring substituents is 1. The Bertz CT molecular complexity index is 839. The van der Waals surface area contributed by atoms with Crippen molar-refractivity contribution in [1.82, 2.24) is 0 Å². The molecule has 0 atom stereocenters. The standard InChI is InChI=1S/C17H14BrClN2O4/c1-2-25-16-7-4-12(18)9-11(16)3-8-17(22)20-13-5-6-14(19)15(10-13)21(23)24/h3-10H,2H2,1H3,(H,20,22). The zero-order valence-corrected chi connectivity index (χ0v) is 15.5. The quantitative estimate of drug-likeness (QED) is 0.398. The molecule has 0 fully saturated rings. The van der Waals surface area contributed by atoms with E-state index in [1.807, 2.05) is 19.1 Å². The van der Waals surface area contributed by atoms with Crippen LogP contribution in [-0.4, -0.2) is 17.4 Å². The van der Waals surface area contributed by atoms with Gasteiger partial charge in [0.25, 0.3) is 5.69 Å². The maximum absolute atomic E-state index is 12.1. The maximum atomic E-state index is 12.1. The zero-order valence-electron chi connectivity index (χ0n) is 13.2. The number of carbonyl (C=O) groups is 1. The Morgan fingerprint density at radius 1 is 1.36 bits per heavy atom. The van der Waals surface area contributed by atoms with E-state index in [0.717, 1.165) is 10.0 Å². The highest BCUT2D eigenvalue weighted by Crippen LogP contribution is 2.28. The summed E-state index contributed by atoms with van der Waals surface area (Å²) in [6.07, 6.45) is 2.93. The normalized spacial score (nSPS) is 10.7. The van der Waals surface area contributed by atoms with Crippen LogP contribution in [0.4, 0.5) is 11.4 Å². The lowest BCUT2D eigenvalue weighted by Gasteiger charge is -2.07. The molecule has 1 amide bonds. The summed E-state index contributed by atoms with van der Waals surface area (Å²) in [5.74, 6) is 0.218. The van der Waals surface area contributed by atoms with Gasteiger partial charge in [0, 0.05) is 27.9 Å². The number of benzene rings is 2. The number of rotatable bonds is 6. The highest BCUT2D eigenvalue weighted by atomic mass is 79.9. The van der Waals surface area contributed by atoms with Crippen LogP contribution in [0, 0.1) is 10.1 Å². The average Bonchev–Trinajstić information content (AvgIpc) is 2.56. The number of anilines is 1. The van der Waals surface area contributed by atoms with Crippen LogP contribution in [0.1, 0.15) is 12.5 Å². The van der Waals surface area contributed by atoms with Crippen molar-refractivity contribution in [2.24, 2.45) is 0 Å². The van der Waals surface area contributed by atoms with E-state index >= 15 is 0 Å². The molecule has 0 aliphatic rings. The molecule has 0 unspecified atom stereocenters. The Labute approximate surface area is 157 Å². The SMILES string of the molecule is CCOc1ccc(Br)cc1C=CC(=O)Nc1ccc(Cl)c([N+](=O)[O-])c1. The molecule has 0 spiro atoms. The fourth-order valence-electron chi connectivity index (χ4n) is 2.02. The number of nitrogens with zero attached hydrogens (tertiary/aromatic N) is 1. The molecule has 0 saturated heterocycles. The van der Waals surface area contributed by atoms with Gasteiger partial charge in [-0.25, -0.2) is 0 Å². The summed E-state index contributed by atoms with van der Waals surface area (Å²) in [5, 5.41) is 13.4. The van der Waals surface area contributed by atoms with Crippen LogP contribution in [-0.2, 0) is 4.79 Å². The Kier molecular flexibility index (Phi) is 6.55. The van der Waals surface area contributed by atoms with Crippen molar-refractivity contribution in [2.45, 2.75) is 6.92 Å². The van der Waals surface area contributed by atoms with Gasteiger partial charge in [0.1, 0.15) is 10.8 Å². The van der Waals surface area contributed by atoms with Gasteiger partial charge in [0.2, 0.25) is 5.91 Å². The van der Waals surface area contributed by atoms with Crippen molar-refractivity contribution in [3.63, 3.8) is 0 Å². The summed E-state index contributed by atoms with van der Waals surface area (Å²) >= 11 is 9.11. The Balaban J connectivity index is 2.15. The number of amides is 1. The predicted molar refractivity (Wildman–Crippen MR) is 101 cm³/mol. The van der Waals surface area contributed by atoms with Gasteiger partial charge in [-0.05, 0) is 43.3 Å². The zero-order chi connectivity index (χ0) is 18.4. The van der Waals surface area contributed by atoms with Crippen molar-refractivity contribution in [3.05, 3.63) is 67.6 Å². The van der Waals surface area contributed by atoms with Crippen molar-refractivity contribution in [2.75, 3.05) is 11.9 Å². The molecule has 0 aliphatic heterocycles. The number of hydrogen-bond acceptors (Lipinski definition) is 4. The van der Waals surface area contributed by atoms with Crippen molar-refractivity contribution in [3.8, 4) is 5.75 Å². The van der Waals surface area contributed by atoms with Crippen LogP contribution < -0.4 is 10.1 Å². The van der Waals surface area contributed by atoms with Gasteiger partial charge in [-0.3, -0.25) is 14.9 Å². The molecule has 2 aromatic rings. The molecule has 0 saturated carbocycles. The number of carbonyl (C=O) groups excluding carboxylic acids is 1. The predicted octanol–water partition coefficient (Wildman–Crippen LogP) is 5.06. The molecule has 0 aliphatic carbocycles. The van der Waals surface area contributed by atoms with E-state index in [4.69, 9.17) is 16.3 Å². The van der Waals surface area contributed by atoms with E-state index in [2.05, 4.69) is 21.2 Å². The fourth-order valence-corrected chi connectivity index (χ4v) is 2.58. The number of nitrogens with one attached hydrogen (secondary N) is 1. The van der Waals surface area contributed by atoms with Crippen molar-refractivity contribution >= 4 is 50.9 Å². The molecule has 0 heterocycles. The maximum Gasteiger partial charge on any atom is 0.289 e. The van der Waals surface area contributed by atoms with Crippen molar-refractivity contribution < 1.29 is 14.5 Å². The Morgan fingerprint density at radius 2 is 2.12 bits per heavy atom. The number of nitro groups is 1. The minimum Gasteiger partial charge on any atom is -0.493 e. The lowest BCUT2D eigenvalue weighted by Crippen LogP contribution is -2.08. The molecule has 2 rings (SSSR count). The molecular formula is C17H14BrClN2O4. The lowest BCUT2D eigenvalue weighted by atomic mass is 10.2. The van der Waals surface area contributed by atoms with E-state index in [0.29, 0.717) is 12.4 Å². The average molecular weight is 426 g/mol. The Hall–Kier alpha value is -2.38. The Morgan fingerprint density at radius 3 is 2.80 bits per heavy atom. The highest BCUT2D eigenvalue weighted by molar-refractivity contribution is 9.10. The molecular weight excluding hydrogens is 412 g/mol. The summed E-state index contributed by atoms with van der Waals surface area (Å²) < 4.78 is 6.36. The molecule has 0 radical (unpaired) electrons. The summed E-state index contributed by atoms with van der Waals surface area (Å²) in [6, 6.07) is 9.52. The van der Waals surface area contributed by atoms with Gasteiger partial charge < -0.3 is 10.1 Å². The smallest absolute Gasteiger partial charge is 0.289 e. The first-order chi connectivity index (χ1) is 11.9. The summed E-state index contributed by atoms with van der Waals surface area (Å²) in [6.45, 7) is 2.37. The second-order valence-corrected chi connectivity index (χ2v) is 6.18. The summed E-state index contributed by atoms with van der Waals surface area (Å²) in [4.78, 5) is 22.3. The van der Waals surface area contributed by atoms with Crippen LogP contribution in [0.3, 0.4) is 0 Å². The molecule has 2 aromatic carbocycles. The second-order valence-electron chi connectivity index (χ2n) is 4.86. The molecule has 130 valence electrons. The lowest BCUT2D eigenvalue weighted by molar-refractivity contribution is -0.384. The second kappa shape index (κ2) is 8.64. The molecule has 1 N–H and O–H groups in total. The monoisotopic (exact) mass is 424 g/mol. The van der Waals surface area contributed by atoms with Gasteiger partial charge in [-0.15, -0.1) is 0 Å². The van der Waals surface area contributed by atoms with Gasteiger partial charge in [-0.1, -0.05) is 27.5 Å². The molecule has 6 nitrogen and oxygen atoms in total. The third kappa shape index (κ3) is 5.30. The van der Waals surface area contributed by atoms with E-state index in [-0.39, 0.29) is 16.4 Å². The van der Waals surface area contributed by atoms with Crippen LogP contribution in [0.15, 0.2) is 46.9 Å². The van der Waals surface area contributed by atoms with E-state index in [1.165, 1.54) is 24.3 Å². The van der Waals surface area contributed by atoms with Gasteiger partial charge >= 0.3 is 0 Å². The molecule has 25 heavy (non-hydrogen) atoms. The van der Waals surface area contributed by atoms with Crippen LogP contribution in [0.25, 0.3) is 6.08 Å². The third-order valence-electron chi connectivity index (χ3n) is 3.10. The van der Waals surface area contributed by atoms with Gasteiger partial charge in [0.05, 0.1) is 11.5 Å². The first-order valence-corrected chi connectivity index (χ1v) is 8.43. The van der Waals surface area contributed by atoms with E-state index in [9.17, 15) is 14.9 Å². The number of hydrogen-bond donors (Lipinski definition) is 1. The largest absolute Gasteiger partial charge is 0.493 e. The molecule has 0 aromatic heterocycles. The minimum absolute atomic E-state index is 0.00836. The first-order valence-electron chi connectivity index (χ1n) is 7.26. The van der Waals surface area contributed by atoms with E-state index < -0.39 is 10.8 Å². The summed E-state index contributed by atoms with van der Waals surface area (Å²) in [5.41, 5.74) is 0.743. The minimum atomic E-state index is -0.607. The van der Waals surface area contributed by atoms with Crippen LogP contribution in [0.5, 0.6) is 5.75 Å². The number of ether oxygens (including phenoxy) is 1. The highest BCUT2D eigenvalue weighted by Gasteiger charge is 2.13. The summed E-state index contributed by atoms with van der Waals surface area (Å²) in [7, 11) is 0. The third-order valence-corrected chi connectivity index (χ3v) is 3.91. The molecule has 0 bridgehead atoms. The van der Waals surface area contributed by atoms with E-state index in [1.54, 1.807) is 12.1 Å². The molecule has 8 heteroatoms.